The Balaban J connectivity index is 2.67. The van der Waals surface area contributed by atoms with Crippen molar-refractivity contribution in [2.45, 2.75) is 14.7 Å². The molecule has 3 aromatic carbocycles. The fraction of sp³-hybridized carbons (Fsp3) is 0. The van der Waals surface area contributed by atoms with Crippen LogP contribution >= 0.6 is 214 Å². The average Bonchev–Trinajstić information content (AvgIpc) is 2.57. The van der Waals surface area contributed by atoms with Gasteiger partial charge >= 0.3 is 6.16 Å². The normalized spacial score (nSPS) is 12.0. The first kappa shape index (κ1) is 30.4. The van der Waals surface area contributed by atoms with Gasteiger partial charge in [-0.2, -0.15) is 0 Å². The van der Waals surface area contributed by atoms with Crippen LogP contribution in [0.5, 0.6) is 0 Å². The maximum atomic E-state index is 12.4. The Bertz CT molecular complexity index is 1040. The average molecular weight is 1460 g/mol. The summed E-state index contributed by atoms with van der Waals surface area (Å²) in [6.45, 7) is 0. The van der Waals surface area contributed by atoms with Crippen molar-refractivity contribution in [1.29, 1.82) is 0 Å². The fourth-order valence-electron chi connectivity index (χ4n) is 2.95. The molecule has 0 spiro atoms. The number of benzene rings is 3. The van der Waals surface area contributed by atoms with Crippen molar-refractivity contribution in [2.24, 2.45) is 0 Å². The van der Waals surface area contributed by atoms with Gasteiger partial charge in [0.1, 0.15) is 0 Å². The third-order valence-electron chi connectivity index (χ3n) is 3.95. The molecule has 170 valence electrons. The summed E-state index contributed by atoms with van der Waals surface area (Å²) < 4.78 is 15.4. The van der Waals surface area contributed by atoms with E-state index in [0.29, 0.717) is 0 Å². The Hall–Kier alpha value is 3.85. The summed E-state index contributed by atoms with van der Waals surface area (Å²) in [6, 6.07) is 12.5. The lowest BCUT2D eigenvalue weighted by atomic mass is 10.3. The molecule has 0 saturated heterocycles. The van der Waals surface area contributed by atoms with E-state index < -0.39 is 16.5 Å². The summed E-state index contributed by atoms with van der Waals surface area (Å²) in [5.41, 5.74) is 0. The second-order valence-corrected chi connectivity index (χ2v) is 19.2. The Labute approximate surface area is 310 Å². The molecular weight excluding hydrogens is 1450 g/mol. The van der Waals surface area contributed by atoms with Crippen LogP contribution in [-0.2, 0) is 4.18 Å². The summed E-state index contributed by atoms with van der Waals surface area (Å²) in [5.74, 6) is 0. The van der Waals surface area contributed by atoms with Gasteiger partial charge in [0, 0.05) is 42.4 Å². The molecule has 0 aromatic heterocycles. The second kappa shape index (κ2) is 12.8. The van der Waals surface area contributed by atoms with Crippen molar-refractivity contribution in [3.8, 4) is 0 Å². The van der Waals surface area contributed by atoms with Gasteiger partial charge in [-0.3, -0.25) is 0 Å². The number of carbonyl (C=O) groups is 1. The highest BCUT2D eigenvalue weighted by Gasteiger charge is 2.44. The van der Waals surface area contributed by atoms with Gasteiger partial charge in [0.15, 0.2) is 0 Å². The molecule has 0 aliphatic carbocycles. The lowest BCUT2D eigenvalue weighted by molar-refractivity contribution is 0.150. The smallest absolute Gasteiger partial charge is 0.449 e. The summed E-state index contributed by atoms with van der Waals surface area (Å²) in [6.07, 6.45) is -1.28. The highest BCUT2D eigenvalue weighted by atomic mass is 127. The van der Waals surface area contributed by atoms with E-state index in [1.54, 1.807) is 0 Å². The summed E-state index contributed by atoms with van der Waals surface area (Å²) >= 11 is 20.8. The first-order valence-electron chi connectivity index (χ1n) is 8.08. The van der Waals surface area contributed by atoms with Crippen molar-refractivity contribution in [3.63, 3.8) is 0 Å². The van der Waals surface area contributed by atoms with Gasteiger partial charge < -0.3 is 9.29 Å². The highest BCUT2D eigenvalue weighted by Crippen LogP contribution is 2.74. The number of carboxylic acid groups (broad SMARTS) is 1. The van der Waals surface area contributed by atoms with E-state index in [1.807, 2.05) is 0 Å². The molecule has 0 unspecified atom stereocenters. The van der Waals surface area contributed by atoms with Crippen molar-refractivity contribution in [3.05, 3.63) is 68.5 Å². The first-order chi connectivity index (χ1) is 14.9. The topological polar surface area (TPSA) is 46.5 Å². The molecule has 3 aromatic rings. The van der Waals surface area contributed by atoms with Crippen LogP contribution in [-0.4, -0.2) is 11.3 Å². The summed E-state index contributed by atoms with van der Waals surface area (Å²) in [7, 11) is -2.62. The molecule has 3 rings (SSSR count). The minimum absolute atomic E-state index is 0.926. The Morgan fingerprint density at radius 3 is 0.969 bits per heavy atom. The van der Waals surface area contributed by atoms with Crippen molar-refractivity contribution in [2.75, 3.05) is 0 Å². The Kier molecular flexibility index (Phi) is 12.2. The van der Waals surface area contributed by atoms with Crippen LogP contribution in [0.4, 0.5) is 4.79 Å². The zero-order valence-corrected chi connectivity index (χ0v) is 35.3. The lowest BCUT2D eigenvalue weighted by Crippen LogP contribution is -2.19. The first-order valence-corrected chi connectivity index (χ1v) is 19.3. The quantitative estimate of drug-likeness (QED) is 0.265. The monoisotopic (exact) mass is 1460 g/mol. The maximum absolute atomic E-state index is 12.4. The van der Waals surface area contributed by atoms with Crippen LogP contribution in [0.1, 0.15) is 0 Å². The Morgan fingerprint density at radius 1 is 0.562 bits per heavy atom. The minimum Gasteiger partial charge on any atom is -0.449 e. The molecule has 0 saturated carbocycles. The highest BCUT2D eigenvalue weighted by molar-refractivity contribution is 14.1. The molecule has 0 heterocycles. The van der Waals surface area contributed by atoms with E-state index in [0.717, 1.165) is 46.8 Å². The lowest BCUT2D eigenvalue weighted by Gasteiger charge is -2.42. The van der Waals surface area contributed by atoms with Crippen molar-refractivity contribution >= 4 is 220 Å². The van der Waals surface area contributed by atoms with E-state index in [2.05, 4.69) is 240 Å². The zero-order valence-electron chi connectivity index (χ0n) is 15.0. The van der Waals surface area contributed by atoms with Crippen LogP contribution in [0.15, 0.2) is 51.1 Å². The second-order valence-electron chi connectivity index (χ2n) is 6.00. The van der Waals surface area contributed by atoms with Crippen LogP contribution in [0.3, 0.4) is 0 Å². The van der Waals surface area contributed by atoms with Crippen LogP contribution in [0, 0.1) is 32.1 Å². The van der Waals surface area contributed by atoms with Crippen LogP contribution in [0.2, 0.25) is 0 Å². The number of halogens is 9. The van der Waals surface area contributed by atoms with Gasteiger partial charge in [-0.1, -0.05) is 0 Å². The molecule has 0 amide bonds. The molecule has 32 heavy (non-hydrogen) atoms. The van der Waals surface area contributed by atoms with Crippen molar-refractivity contribution < 1.29 is 14.1 Å². The third kappa shape index (κ3) is 6.52. The maximum Gasteiger partial charge on any atom is 0.517 e. The van der Waals surface area contributed by atoms with Gasteiger partial charge in [0.2, 0.25) is 0 Å². The SMILES string of the molecule is O=C(O)OS(c1c(I)cc(I)cc1I)(c1c(I)cc(I)cc1I)c1c(I)cc(I)cc1I. The molecule has 0 aliphatic heterocycles. The largest absolute Gasteiger partial charge is 0.517 e. The number of rotatable bonds is 4. The number of hydrogen-bond acceptors (Lipinski definition) is 2. The van der Waals surface area contributed by atoms with Gasteiger partial charge in [-0.05, 0) is 240 Å². The molecule has 3 nitrogen and oxygen atoms in total. The molecule has 1 N–H and O–H groups in total. The molecule has 0 atom stereocenters. The van der Waals surface area contributed by atoms with Crippen LogP contribution < -0.4 is 0 Å². The zero-order chi connectivity index (χ0) is 24.0. The van der Waals surface area contributed by atoms with E-state index in [1.165, 1.54) is 0 Å². The molecule has 0 fully saturated rings. The molecular formula is C19H7I9O3S. The van der Waals surface area contributed by atoms with E-state index >= 15 is 0 Å². The van der Waals surface area contributed by atoms with Gasteiger partial charge in [0.25, 0.3) is 0 Å². The molecule has 0 aliphatic rings. The molecule has 0 bridgehead atoms. The van der Waals surface area contributed by atoms with E-state index in [-0.39, 0.29) is 0 Å². The van der Waals surface area contributed by atoms with Gasteiger partial charge in [-0.25, -0.2) is 4.79 Å². The summed E-state index contributed by atoms with van der Waals surface area (Å²) in [5, 5.41) is 10.1. The van der Waals surface area contributed by atoms with E-state index in [9.17, 15) is 9.90 Å². The fourth-order valence-corrected chi connectivity index (χ4v) is 22.4. The standard InChI is InChI=1S/C19H7I9O3S/c20-7-1-10(23)16(11(24)2-7)32(31-19(29)30,17-12(25)3-8(21)4-13(17)26)18-14(27)5-9(22)6-15(18)28/h1-6H,(H,29,30). The van der Waals surface area contributed by atoms with Gasteiger partial charge in [-0.15, -0.1) is 0 Å². The third-order valence-corrected chi connectivity index (χ3v) is 16.6. The minimum atomic E-state index is -2.62. The predicted molar refractivity (Wildman–Crippen MR) is 205 cm³/mol. The van der Waals surface area contributed by atoms with Crippen molar-refractivity contribution in [1.82, 2.24) is 0 Å². The van der Waals surface area contributed by atoms with Gasteiger partial charge in [0.05, 0.1) is 14.7 Å². The van der Waals surface area contributed by atoms with E-state index in [4.69, 9.17) is 4.18 Å². The molecule has 0 radical (unpaired) electrons. The summed E-state index contributed by atoms with van der Waals surface area (Å²) in [4.78, 5) is 15.2. The number of hydrogen-bond donors (Lipinski definition) is 1. The Morgan fingerprint density at radius 2 is 0.781 bits per heavy atom. The predicted octanol–water partition coefficient (Wildman–Crippen LogP) is 11.0. The van der Waals surface area contributed by atoms with Crippen LogP contribution in [0.25, 0.3) is 0 Å². The molecule has 13 heteroatoms.